The summed E-state index contributed by atoms with van der Waals surface area (Å²) in [6.07, 6.45) is 2.04. The molecule has 0 aromatic heterocycles. The Morgan fingerprint density at radius 2 is 1.90 bits per heavy atom. The van der Waals surface area contributed by atoms with Crippen LogP contribution in [0.25, 0.3) is 0 Å². The highest BCUT2D eigenvalue weighted by Crippen LogP contribution is 2.19. The molecular formula is C23H28N2O4. The Kier molecular flexibility index (Phi) is 7.25. The quantitative estimate of drug-likeness (QED) is 0.713. The van der Waals surface area contributed by atoms with Crippen molar-refractivity contribution in [2.45, 2.75) is 38.7 Å². The summed E-state index contributed by atoms with van der Waals surface area (Å²) in [5.41, 5.74) is 2.09. The first-order chi connectivity index (χ1) is 14.0. The number of hydrogen-bond acceptors (Lipinski definition) is 4. The molecule has 1 aliphatic rings. The van der Waals surface area contributed by atoms with Crippen molar-refractivity contribution >= 4 is 17.5 Å². The summed E-state index contributed by atoms with van der Waals surface area (Å²) in [5.74, 6) is 0.515. The van der Waals surface area contributed by atoms with Crippen LogP contribution in [0.5, 0.6) is 5.75 Å². The zero-order chi connectivity index (χ0) is 20.6. The Bertz CT molecular complexity index is 827. The van der Waals surface area contributed by atoms with E-state index in [9.17, 15) is 9.59 Å². The molecule has 0 radical (unpaired) electrons. The molecule has 2 aromatic rings. The number of para-hydroxylation sites is 1. The van der Waals surface area contributed by atoms with E-state index in [0.29, 0.717) is 29.5 Å². The molecule has 2 amide bonds. The second-order valence-electron chi connectivity index (χ2n) is 7.45. The molecule has 0 saturated carbocycles. The Hall–Kier alpha value is -2.86. The molecule has 1 atom stereocenters. The third kappa shape index (κ3) is 6.06. The van der Waals surface area contributed by atoms with Crippen LogP contribution in [-0.2, 0) is 9.53 Å². The number of nitrogens with one attached hydrogen (secondary N) is 2. The van der Waals surface area contributed by atoms with Gasteiger partial charge in [-0.2, -0.15) is 0 Å². The smallest absolute Gasteiger partial charge is 0.262 e. The van der Waals surface area contributed by atoms with E-state index < -0.39 is 0 Å². The topological polar surface area (TPSA) is 76.7 Å². The van der Waals surface area contributed by atoms with E-state index in [1.165, 1.54) is 5.56 Å². The molecule has 2 aromatic carbocycles. The first-order valence-corrected chi connectivity index (χ1v) is 10.0. The van der Waals surface area contributed by atoms with E-state index in [0.717, 1.165) is 19.4 Å². The van der Waals surface area contributed by atoms with Crippen LogP contribution in [0.2, 0.25) is 0 Å². The number of amides is 2. The van der Waals surface area contributed by atoms with Gasteiger partial charge in [0.05, 0.1) is 17.4 Å². The van der Waals surface area contributed by atoms with Gasteiger partial charge in [0.15, 0.2) is 6.61 Å². The van der Waals surface area contributed by atoms with Crippen molar-refractivity contribution in [1.29, 1.82) is 0 Å². The Morgan fingerprint density at radius 1 is 1.14 bits per heavy atom. The summed E-state index contributed by atoms with van der Waals surface area (Å²) in [5, 5.41) is 5.64. The summed E-state index contributed by atoms with van der Waals surface area (Å²) in [6, 6.07) is 14.6. The predicted molar refractivity (Wildman–Crippen MR) is 112 cm³/mol. The summed E-state index contributed by atoms with van der Waals surface area (Å²) in [7, 11) is 0. The molecule has 3 rings (SSSR count). The van der Waals surface area contributed by atoms with Crippen molar-refractivity contribution in [3.63, 3.8) is 0 Å². The van der Waals surface area contributed by atoms with E-state index in [2.05, 4.69) is 24.5 Å². The number of rotatable bonds is 8. The van der Waals surface area contributed by atoms with Crippen molar-refractivity contribution in [3.8, 4) is 5.75 Å². The molecule has 1 aliphatic heterocycles. The Balaban J connectivity index is 1.53. The van der Waals surface area contributed by atoms with Crippen LogP contribution >= 0.6 is 0 Å². The highest BCUT2D eigenvalue weighted by molar-refractivity contribution is 6.04. The molecule has 6 heteroatoms. The molecule has 0 spiro atoms. The average Bonchev–Trinajstić information content (AvgIpc) is 3.25. The summed E-state index contributed by atoms with van der Waals surface area (Å²) in [6.45, 7) is 5.33. The molecule has 1 heterocycles. The van der Waals surface area contributed by atoms with E-state index in [4.69, 9.17) is 9.47 Å². The lowest BCUT2D eigenvalue weighted by molar-refractivity contribution is -0.118. The summed E-state index contributed by atoms with van der Waals surface area (Å²) < 4.78 is 11.1. The maximum atomic E-state index is 12.5. The number of benzene rings is 2. The molecule has 6 nitrogen and oxygen atoms in total. The maximum Gasteiger partial charge on any atom is 0.262 e. The molecule has 1 fully saturated rings. The fourth-order valence-corrected chi connectivity index (χ4v) is 3.18. The lowest BCUT2D eigenvalue weighted by Crippen LogP contribution is -2.32. The standard InChI is InChI=1S/C23H28N2O4/c1-16(2)17-9-11-18(12-10-17)29-15-22(26)25-21-8-4-3-7-20(21)23(27)24-14-19-6-5-13-28-19/h3-4,7-12,16,19H,5-6,13-15H2,1-2H3,(H,24,27)(H,25,26). The predicted octanol–water partition coefficient (Wildman–Crippen LogP) is 3.74. The highest BCUT2D eigenvalue weighted by Gasteiger charge is 2.18. The Labute approximate surface area is 171 Å². The lowest BCUT2D eigenvalue weighted by atomic mass is 10.0. The summed E-state index contributed by atoms with van der Waals surface area (Å²) in [4.78, 5) is 24.8. The zero-order valence-electron chi connectivity index (χ0n) is 16.9. The third-order valence-corrected chi connectivity index (χ3v) is 4.88. The SMILES string of the molecule is CC(C)c1ccc(OCC(=O)Nc2ccccc2C(=O)NCC2CCCO2)cc1. The van der Waals surface area contributed by atoms with Crippen molar-refractivity contribution in [2.75, 3.05) is 25.1 Å². The van der Waals surface area contributed by atoms with Gasteiger partial charge in [0.25, 0.3) is 11.8 Å². The largest absolute Gasteiger partial charge is 0.484 e. The van der Waals surface area contributed by atoms with E-state index in [1.54, 1.807) is 24.3 Å². The molecule has 154 valence electrons. The van der Waals surface area contributed by atoms with Crippen LogP contribution in [0.1, 0.15) is 48.5 Å². The van der Waals surface area contributed by atoms with Crippen molar-refractivity contribution < 1.29 is 19.1 Å². The monoisotopic (exact) mass is 396 g/mol. The zero-order valence-corrected chi connectivity index (χ0v) is 16.9. The molecule has 1 unspecified atom stereocenters. The van der Waals surface area contributed by atoms with Gasteiger partial charge >= 0.3 is 0 Å². The van der Waals surface area contributed by atoms with Gasteiger partial charge in [-0.15, -0.1) is 0 Å². The molecule has 2 N–H and O–H groups in total. The van der Waals surface area contributed by atoms with E-state index >= 15 is 0 Å². The Morgan fingerprint density at radius 3 is 2.59 bits per heavy atom. The van der Waals surface area contributed by atoms with Gasteiger partial charge in [0, 0.05) is 13.2 Å². The average molecular weight is 396 g/mol. The fraction of sp³-hybridized carbons (Fsp3) is 0.391. The third-order valence-electron chi connectivity index (χ3n) is 4.88. The van der Waals surface area contributed by atoms with Crippen LogP contribution in [0.4, 0.5) is 5.69 Å². The number of hydrogen-bond donors (Lipinski definition) is 2. The number of carbonyl (C=O) groups excluding carboxylic acids is 2. The molecular weight excluding hydrogens is 368 g/mol. The van der Waals surface area contributed by atoms with Crippen LogP contribution in [0, 0.1) is 0 Å². The van der Waals surface area contributed by atoms with Gasteiger partial charge in [-0.3, -0.25) is 9.59 Å². The first-order valence-electron chi connectivity index (χ1n) is 10.0. The molecule has 29 heavy (non-hydrogen) atoms. The van der Waals surface area contributed by atoms with Gasteiger partial charge < -0.3 is 20.1 Å². The lowest BCUT2D eigenvalue weighted by Gasteiger charge is -2.14. The van der Waals surface area contributed by atoms with E-state index in [-0.39, 0.29) is 24.5 Å². The number of carbonyl (C=O) groups is 2. The number of ether oxygens (including phenoxy) is 2. The van der Waals surface area contributed by atoms with Crippen molar-refractivity contribution in [3.05, 3.63) is 59.7 Å². The minimum atomic E-state index is -0.322. The normalized spacial score (nSPS) is 15.9. The maximum absolute atomic E-state index is 12.5. The van der Waals surface area contributed by atoms with Crippen molar-refractivity contribution in [1.82, 2.24) is 5.32 Å². The highest BCUT2D eigenvalue weighted by atomic mass is 16.5. The van der Waals surface area contributed by atoms with Gasteiger partial charge in [0.2, 0.25) is 0 Å². The minimum absolute atomic E-state index is 0.0659. The summed E-state index contributed by atoms with van der Waals surface area (Å²) >= 11 is 0. The molecule has 0 bridgehead atoms. The van der Waals surface area contributed by atoms with Crippen molar-refractivity contribution in [2.24, 2.45) is 0 Å². The molecule has 0 aliphatic carbocycles. The number of anilines is 1. The van der Waals surface area contributed by atoms with Gasteiger partial charge in [-0.25, -0.2) is 0 Å². The second-order valence-corrected chi connectivity index (χ2v) is 7.45. The second kappa shape index (κ2) is 10.1. The van der Waals surface area contributed by atoms with Crippen LogP contribution in [0.3, 0.4) is 0 Å². The van der Waals surface area contributed by atoms with Gasteiger partial charge in [-0.05, 0) is 48.6 Å². The minimum Gasteiger partial charge on any atom is -0.484 e. The van der Waals surface area contributed by atoms with Gasteiger partial charge in [0.1, 0.15) is 5.75 Å². The molecule has 1 saturated heterocycles. The van der Waals surface area contributed by atoms with Crippen LogP contribution < -0.4 is 15.4 Å². The first kappa shape index (κ1) is 20.9. The van der Waals surface area contributed by atoms with E-state index in [1.807, 2.05) is 24.3 Å². The van der Waals surface area contributed by atoms with Crippen LogP contribution in [0.15, 0.2) is 48.5 Å². The van der Waals surface area contributed by atoms with Crippen LogP contribution in [-0.4, -0.2) is 37.7 Å². The van der Waals surface area contributed by atoms with Gasteiger partial charge in [-0.1, -0.05) is 38.1 Å². The fourth-order valence-electron chi connectivity index (χ4n) is 3.18.